The van der Waals surface area contributed by atoms with Crippen LogP contribution in [0.4, 0.5) is 5.69 Å². The highest BCUT2D eigenvalue weighted by Gasteiger charge is 2.16. The molecule has 1 aromatic rings. The van der Waals surface area contributed by atoms with Crippen molar-refractivity contribution in [3.63, 3.8) is 0 Å². The standard InChI is InChI=1S/C11H13BrN2O2/c1-6(13)11(16)9-5-8(12)3-4-10(9)14-7(2)15/h3-6H,13H2,1-2H3,(H,14,15). The second kappa shape index (κ2) is 5.23. The molecule has 1 rings (SSSR count). The van der Waals surface area contributed by atoms with Crippen molar-refractivity contribution in [2.24, 2.45) is 5.73 Å². The summed E-state index contributed by atoms with van der Waals surface area (Å²) >= 11 is 3.27. The Labute approximate surface area is 102 Å². The zero-order chi connectivity index (χ0) is 12.3. The Morgan fingerprint density at radius 2 is 2.06 bits per heavy atom. The number of carbonyl (C=O) groups is 2. The van der Waals surface area contributed by atoms with E-state index < -0.39 is 6.04 Å². The van der Waals surface area contributed by atoms with Crippen LogP contribution in [-0.2, 0) is 4.79 Å². The number of amides is 1. The van der Waals surface area contributed by atoms with E-state index in [-0.39, 0.29) is 11.7 Å². The molecular formula is C11H13BrN2O2. The first-order valence-corrected chi connectivity index (χ1v) is 5.58. The molecule has 4 nitrogen and oxygen atoms in total. The fourth-order valence-electron chi connectivity index (χ4n) is 1.26. The number of hydrogen-bond acceptors (Lipinski definition) is 3. The highest BCUT2D eigenvalue weighted by Crippen LogP contribution is 2.22. The summed E-state index contributed by atoms with van der Waals surface area (Å²) < 4.78 is 0.769. The lowest BCUT2D eigenvalue weighted by Crippen LogP contribution is -2.27. The van der Waals surface area contributed by atoms with Crippen LogP contribution in [0.2, 0.25) is 0 Å². The lowest BCUT2D eigenvalue weighted by molar-refractivity contribution is -0.114. The van der Waals surface area contributed by atoms with E-state index in [0.717, 1.165) is 4.47 Å². The topological polar surface area (TPSA) is 72.2 Å². The van der Waals surface area contributed by atoms with E-state index in [1.807, 2.05) is 0 Å². The van der Waals surface area contributed by atoms with Crippen LogP contribution in [0.25, 0.3) is 0 Å². The van der Waals surface area contributed by atoms with E-state index >= 15 is 0 Å². The molecule has 0 saturated heterocycles. The SMILES string of the molecule is CC(=O)Nc1ccc(Br)cc1C(=O)C(C)N. The smallest absolute Gasteiger partial charge is 0.221 e. The number of Topliss-reactive ketones (excluding diaryl/α,β-unsaturated/α-hetero) is 1. The van der Waals surface area contributed by atoms with Gasteiger partial charge in [-0.25, -0.2) is 0 Å². The molecule has 0 aliphatic rings. The van der Waals surface area contributed by atoms with Crippen molar-refractivity contribution in [1.29, 1.82) is 0 Å². The molecule has 5 heteroatoms. The van der Waals surface area contributed by atoms with Crippen molar-refractivity contribution in [1.82, 2.24) is 0 Å². The molecule has 0 spiro atoms. The van der Waals surface area contributed by atoms with Gasteiger partial charge < -0.3 is 11.1 Å². The van der Waals surface area contributed by atoms with E-state index in [2.05, 4.69) is 21.2 Å². The minimum absolute atomic E-state index is 0.204. The fraction of sp³-hybridized carbons (Fsp3) is 0.273. The predicted molar refractivity (Wildman–Crippen MR) is 66.4 cm³/mol. The van der Waals surface area contributed by atoms with E-state index in [1.54, 1.807) is 25.1 Å². The van der Waals surface area contributed by atoms with Crippen molar-refractivity contribution in [2.75, 3.05) is 5.32 Å². The van der Waals surface area contributed by atoms with Gasteiger partial charge in [0.1, 0.15) is 0 Å². The molecule has 0 aromatic heterocycles. The number of halogens is 1. The lowest BCUT2D eigenvalue weighted by atomic mass is 10.0. The van der Waals surface area contributed by atoms with Crippen LogP contribution >= 0.6 is 15.9 Å². The molecule has 0 bridgehead atoms. The summed E-state index contributed by atoms with van der Waals surface area (Å²) in [5.41, 5.74) is 6.44. The first-order valence-electron chi connectivity index (χ1n) is 4.78. The maximum absolute atomic E-state index is 11.8. The highest BCUT2D eigenvalue weighted by atomic mass is 79.9. The average Bonchev–Trinajstić information content (AvgIpc) is 2.18. The molecular weight excluding hydrogens is 272 g/mol. The van der Waals surface area contributed by atoms with Crippen LogP contribution < -0.4 is 11.1 Å². The molecule has 0 heterocycles. The van der Waals surface area contributed by atoms with Crippen molar-refractivity contribution in [3.8, 4) is 0 Å². The summed E-state index contributed by atoms with van der Waals surface area (Å²) in [7, 11) is 0. The summed E-state index contributed by atoms with van der Waals surface area (Å²) in [5, 5.41) is 2.60. The van der Waals surface area contributed by atoms with Crippen LogP contribution in [0.5, 0.6) is 0 Å². The summed E-state index contributed by atoms with van der Waals surface area (Å²) in [5.74, 6) is -0.425. The lowest BCUT2D eigenvalue weighted by Gasteiger charge is -2.11. The normalized spacial score (nSPS) is 12.0. The van der Waals surface area contributed by atoms with E-state index in [9.17, 15) is 9.59 Å². The molecule has 1 unspecified atom stereocenters. The molecule has 86 valence electrons. The number of benzene rings is 1. The molecule has 0 aliphatic carbocycles. The second-order valence-electron chi connectivity index (χ2n) is 3.52. The van der Waals surface area contributed by atoms with Crippen molar-refractivity contribution >= 4 is 33.3 Å². The number of carbonyl (C=O) groups excluding carboxylic acids is 2. The van der Waals surface area contributed by atoms with Crippen molar-refractivity contribution < 1.29 is 9.59 Å². The molecule has 1 aromatic carbocycles. The van der Waals surface area contributed by atoms with Crippen molar-refractivity contribution in [3.05, 3.63) is 28.2 Å². The van der Waals surface area contributed by atoms with Gasteiger partial charge in [0.2, 0.25) is 5.91 Å². The monoisotopic (exact) mass is 284 g/mol. The Hall–Kier alpha value is -1.20. The van der Waals surface area contributed by atoms with Gasteiger partial charge in [0.05, 0.1) is 11.7 Å². The third-order valence-electron chi connectivity index (χ3n) is 1.97. The van der Waals surface area contributed by atoms with Gasteiger partial charge in [-0.2, -0.15) is 0 Å². The van der Waals surface area contributed by atoms with Crippen molar-refractivity contribution in [2.45, 2.75) is 19.9 Å². The van der Waals surface area contributed by atoms with Crippen LogP contribution in [0.15, 0.2) is 22.7 Å². The fourth-order valence-corrected chi connectivity index (χ4v) is 1.63. The zero-order valence-corrected chi connectivity index (χ0v) is 10.7. The molecule has 0 radical (unpaired) electrons. The minimum atomic E-state index is -0.596. The predicted octanol–water partition coefficient (Wildman–Crippen LogP) is 1.94. The number of nitrogens with one attached hydrogen (secondary N) is 1. The van der Waals surface area contributed by atoms with Gasteiger partial charge in [-0.05, 0) is 25.1 Å². The summed E-state index contributed by atoms with van der Waals surface area (Å²) in [6.07, 6.45) is 0. The third kappa shape index (κ3) is 3.15. The summed E-state index contributed by atoms with van der Waals surface area (Å²) in [6, 6.07) is 4.48. The number of nitrogens with two attached hydrogens (primary N) is 1. The number of hydrogen-bond donors (Lipinski definition) is 2. The third-order valence-corrected chi connectivity index (χ3v) is 2.46. The molecule has 1 atom stereocenters. The van der Waals surface area contributed by atoms with Crippen LogP contribution in [-0.4, -0.2) is 17.7 Å². The van der Waals surface area contributed by atoms with Gasteiger partial charge >= 0.3 is 0 Å². The number of anilines is 1. The Kier molecular flexibility index (Phi) is 4.20. The number of rotatable bonds is 3. The Bertz CT molecular complexity index is 430. The van der Waals surface area contributed by atoms with E-state index in [0.29, 0.717) is 11.3 Å². The Morgan fingerprint density at radius 3 is 2.56 bits per heavy atom. The second-order valence-corrected chi connectivity index (χ2v) is 4.44. The molecule has 3 N–H and O–H groups in total. The van der Waals surface area contributed by atoms with Gasteiger partial charge in [-0.15, -0.1) is 0 Å². The molecule has 0 fully saturated rings. The average molecular weight is 285 g/mol. The minimum Gasteiger partial charge on any atom is -0.326 e. The van der Waals surface area contributed by atoms with Crippen LogP contribution in [0, 0.1) is 0 Å². The maximum Gasteiger partial charge on any atom is 0.221 e. The van der Waals surface area contributed by atoms with Gasteiger partial charge in [-0.3, -0.25) is 9.59 Å². The Morgan fingerprint density at radius 1 is 1.44 bits per heavy atom. The highest BCUT2D eigenvalue weighted by molar-refractivity contribution is 9.10. The largest absolute Gasteiger partial charge is 0.326 e. The first-order chi connectivity index (χ1) is 7.41. The number of ketones is 1. The van der Waals surface area contributed by atoms with Gasteiger partial charge in [0.15, 0.2) is 5.78 Å². The van der Waals surface area contributed by atoms with Crippen LogP contribution in [0.1, 0.15) is 24.2 Å². The Balaban J connectivity index is 3.17. The summed E-state index contributed by atoms with van der Waals surface area (Å²) in [6.45, 7) is 3.00. The molecule has 16 heavy (non-hydrogen) atoms. The zero-order valence-electron chi connectivity index (χ0n) is 9.08. The quantitative estimate of drug-likeness (QED) is 0.834. The molecule has 0 aliphatic heterocycles. The molecule has 1 amide bonds. The van der Waals surface area contributed by atoms with E-state index in [4.69, 9.17) is 5.73 Å². The molecule has 0 saturated carbocycles. The maximum atomic E-state index is 11.8. The van der Waals surface area contributed by atoms with Crippen LogP contribution in [0.3, 0.4) is 0 Å². The summed E-state index contributed by atoms with van der Waals surface area (Å²) in [4.78, 5) is 22.8. The van der Waals surface area contributed by atoms with Gasteiger partial charge in [-0.1, -0.05) is 15.9 Å². The first kappa shape index (κ1) is 12.9. The van der Waals surface area contributed by atoms with E-state index in [1.165, 1.54) is 6.92 Å². The van der Waals surface area contributed by atoms with Gasteiger partial charge in [0.25, 0.3) is 0 Å². The van der Waals surface area contributed by atoms with Gasteiger partial charge in [0, 0.05) is 17.0 Å².